The van der Waals surface area contributed by atoms with E-state index in [4.69, 9.17) is 14.2 Å². The van der Waals surface area contributed by atoms with E-state index < -0.39 is 15.8 Å². The maximum atomic E-state index is 13.0. The molecular weight excluding hydrogens is 438 g/mol. The first-order valence-corrected chi connectivity index (χ1v) is 12.5. The Bertz CT molecular complexity index is 1010. The highest BCUT2D eigenvalue weighted by molar-refractivity contribution is 7.89. The van der Waals surface area contributed by atoms with Crippen molar-refractivity contribution in [1.29, 1.82) is 0 Å². The summed E-state index contributed by atoms with van der Waals surface area (Å²) in [4.78, 5) is 28.8. The van der Waals surface area contributed by atoms with Crippen molar-refractivity contribution in [1.82, 2.24) is 9.21 Å². The summed E-state index contributed by atoms with van der Waals surface area (Å²) in [6.07, 6.45) is 2.84. The number of sulfonamides is 1. The van der Waals surface area contributed by atoms with E-state index in [1.165, 1.54) is 21.3 Å². The predicted octanol–water partition coefficient (Wildman–Crippen LogP) is 0.562. The van der Waals surface area contributed by atoms with Gasteiger partial charge in [0.25, 0.3) is 5.91 Å². The van der Waals surface area contributed by atoms with Crippen molar-refractivity contribution >= 4 is 27.5 Å². The third-order valence-corrected chi connectivity index (χ3v) is 8.46. The number of ether oxygens (including phenoxy) is 3. The lowest BCUT2D eigenvalue weighted by Crippen LogP contribution is -2.51. The molecule has 1 spiro atoms. The molecule has 10 nitrogen and oxygen atoms in total. The van der Waals surface area contributed by atoms with Crippen LogP contribution in [0.3, 0.4) is 0 Å². The van der Waals surface area contributed by atoms with Gasteiger partial charge < -0.3 is 19.1 Å². The topological polar surface area (TPSA) is 106 Å². The molecule has 5 rings (SSSR count). The summed E-state index contributed by atoms with van der Waals surface area (Å²) in [6.45, 7) is 2.70. The Hall–Kier alpha value is -2.21. The van der Waals surface area contributed by atoms with Gasteiger partial charge in [0.2, 0.25) is 15.9 Å². The van der Waals surface area contributed by atoms with Gasteiger partial charge in [-0.2, -0.15) is 4.31 Å². The Morgan fingerprint density at radius 1 is 1.03 bits per heavy atom. The first kappa shape index (κ1) is 21.6. The first-order chi connectivity index (χ1) is 15.4. The van der Waals surface area contributed by atoms with Crippen LogP contribution in [0.4, 0.5) is 5.69 Å². The molecule has 2 amide bonds. The molecule has 0 radical (unpaired) electrons. The van der Waals surface area contributed by atoms with Crippen molar-refractivity contribution in [2.75, 3.05) is 57.4 Å². The number of amides is 2. The monoisotopic (exact) mass is 465 g/mol. The van der Waals surface area contributed by atoms with Crippen molar-refractivity contribution in [2.24, 2.45) is 0 Å². The van der Waals surface area contributed by atoms with Gasteiger partial charge in [0.1, 0.15) is 12.3 Å². The van der Waals surface area contributed by atoms with Gasteiger partial charge in [0.05, 0.1) is 23.8 Å². The van der Waals surface area contributed by atoms with Gasteiger partial charge in [-0.15, -0.1) is 0 Å². The Morgan fingerprint density at radius 2 is 1.72 bits per heavy atom. The number of rotatable bonds is 4. The third kappa shape index (κ3) is 3.87. The van der Waals surface area contributed by atoms with Crippen LogP contribution in [0.25, 0.3) is 0 Å². The zero-order valence-electron chi connectivity index (χ0n) is 17.8. The zero-order chi connectivity index (χ0) is 22.3. The van der Waals surface area contributed by atoms with Gasteiger partial charge in [-0.1, -0.05) is 0 Å². The molecule has 3 saturated heterocycles. The fourth-order valence-corrected chi connectivity index (χ4v) is 6.25. The van der Waals surface area contributed by atoms with Crippen molar-refractivity contribution in [3.8, 4) is 5.75 Å². The number of carbonyl (C=O) groups is 2. The van der Waals surface area contributed by atoms with E-state index in [2.05, 4.69) is 0 Å². The van der Waals surface area contributed by atoms with E-state index >= 15 is 0 Å². The summed E-state index contributed by atoms with van der Waals surface area (Å²) in [5.74, 6) is -0.774. The molecular formula is C21H27N3O7S. The van der Waals surface area contributed by atoms with Gasteiger partial charge >= 0.3 is 0 Å². The summed E-state index contributed by atoms with van der Waals surface area (Å²) < 4.78 is 44.3. The van der Waals surface area contributed by atoms with Crippen molar-refractivity contribution in [2.45, 2.75) is 36.4 Å². The number of benzene rings is 1. The smallest absolute Gasteiger partial charge is 0.265 e. The summed E-state index contributed by atoms with van der Waals surface area (Å²) in [5.41, 5.74) is 0.311. The van der Waals surface area contributed by atoms with Crippen LogP contribution in [0.5, 0.6) is 5.75 Å². The fourth-order valence-electron chi connectivity index (χ4n) is 4.71. The Labute approximate surface area is 187 Å². The Morgan fingerprint density at radius 3 is 2.41 bits per heavy atom. The highest BCUT2D eigenvalue weighted by Crippen LogP contribution is 2.36. The first-order valence-electron chi connectivity index (χ1n) is 11.0. The van der Waals surface area contributed by atoms with Crippen LogP contribution in [0.15, 0.2) is 23.1 Å². The van der Waals surface area contributed by atoms with Crippen LogP contribution < -0.4 is 9.64 Å². The van der Waals surface area contributed by atoms with E-state index in [9.17, 15) is 18.0 Å². The average molecular weight is 466 g/mol. The highest BCUT2D eigenvalue weighted by atomic mass is 32.2. The van der Waals surface area contributed by atoms with Crippen LogP contribution in [-0.4, -0.2) is 87.8 Å². The molecule has 3 fully saturated rings. The molecule has 1 aromatic carbocycles. The summed E-state index contributed by atoms with van der Waals surface area (Å²) in [5, 5.41) is 0. The normalized spacial score (nSPS) is 23.4. The van der Waals surface area contributed by atoms with Crippen molar-refractivity contribution < 1.29 is 32.2 Å². The second-order valence-corrected chi connectivity index (χ2v) is 10.4. The van der Waals surface area contributed by atoms with Crippen LogP contribution in [0, 0.1) is 0 Å². The molecule has 0 atom stereocenters. The minimum Gasteiger partial charge on any atom is -0.482 e. The lowest BCUT2D eigenvalue weighted by Gasteiger charge is -2.38. The standard InChI is InChI=1S/C21H27N3O7S/c25-19(22-9-5-21(6-10-22)30-11-12-31-21)14-24-17-13-16(3-4-18(17)29-15-20(24)26)32(27,28)23-7-1-2-8-23/h3-4,13H,1-2,5-12,14-15H2. The Balaban J connectivity index is 1.34. The molecule has 0 saturated carbocycles. The number of fused-ring (bicyclic) bond motifs is 1. The van der Waals surface area contributed by atoms with Crippen LogP contribution in [0.1, 0.15) is 25.7 Å². The van der Waals surface area contributed by atoms with Crippen molar-refractivity contribution in [3.05, 3.63) is 18.2 Å². The Kier molecular flexibility index (Phi) is 5.60. The lowest BCUT2D eigenvalue weighted by atomic mass is 10.0. The molecule has 4 aliphatic rings. The molecule has 11 heteroatoms. The quantitative estimate of drug-likeness (QED) is 0.640. The van der Waals surface area contributed by atoms with E-state index in [1.54, 1.807) is 11.0 Å². The lowest BCUT2D eigenvalue weighted by molar-refractivity contribution is -0.187. The van der Waals surface area contributed by atoms with Gasteiger partial charge in [0.15, 0.2) is 12.4 Å². The highest BCUT2D eigenvalue weighted by Gasteiger charge is 2.41. The number of nitrogens with zero attached hydrogens (tertiary/aromatic N) is 3. The molecule has 4 heterocycles. The molecule has 1 aromatic rings. The SMILES string of the molecule is O=C(CN1C(=O)COc2ccc(S(=O)(=O)N3CCCC3)cc21)N1CCC2(CC1)OCCO2. The summed E-state index contributed by atoms with van der Waals surface area (Å²) in [7, 11) is -3.66. The number of carbonyl (C=O) groups excluding carboxylic acids is 2. The minimum atomic E-state index is -3.66. The number of anilines is 1. The second kappa shape index (κ2) is 8.29. The fraction of sp³-hybridized carbons (Fsp3) is 0.619. The third-order valence-electron chi connectivity index (χ3n) is 6.56. The summed E-state index contributed by atoms with van der Waals surface area (Å²) >= 11 is 0. The van der Waals surface area contributed by atoms with Gasteiger partial charge in [0, 0.05) is 39.0 Å². The molecule has 0 N–H and O–H groups in total. The zero-order valence-corrected chi connectivity index (χ0v) is 18.6. The van der Waals surface area contributed by atoms with E-state index in [1.807, 2.05) is 0 Å². The van der Waals surface area contributed by atoms with Gasteiger partial charge in [-0.05, 0) is 31.0 Å². The average Bonchev–Trinajstić information content (AvgIpc) is 3.49. The summed E-state index contributed by atoms with van der Waals surface area (Å²) in [6, 6.07) is 4.49. The van der Waals surface area contributed by atoms with E-state index in [0.717, 1.165) is 12.8 Å². The maximum absolute atomic E-state index is 13.0. The second-order valence-electron chi connectivity index (χ2n) is 8.50. The van der Waals surface area contributed by atoms with Gasteiger partial charge in [-0.3, -0.25) is 14.5 Å². The van der Waals surface area contributed by atoms with Crippen molar-refractivity contribution in [3.63, 3.8) is 0 Å². The molecule has 4 aliphatic heterocycles. The van der Waals surface area contributed by atoms with Gasteiger partial charge in [-0.25, -0.2) is 8.42 Å². The number of hydrogen-bond donors (Lipinski definition) is 0. The maximum Gasteiger partial charge on any atom is 0.265 e. The van der Waals surface area contributed by atoms with Crippen LogP contribution in [-0.2, 0) is 29.1 Å². The molecule has 174 valence electrons. The molecule has 0 unspecified atom stereocenters. The molecule has 0 aliphatic carbocycles. The van der Waals surface area contributed by atoms with Crippen LogP contribution in [0.2, 0.25) is 0 Å². The largest absolute Gasteiger partial charge is 0.482 e. The number of hydrogen-bond acceptors (Lipinski definition) is 7. The predicted molar refractivity (Wildman–Crippen MR) is 113 cm³/mol. The minimum absolute atomic E-state index is 0.101. The number of likely N-dealkylation sites (tertiary alicyclic amines) is 1. The van der Waals surface area contributed by atoms with E-state index in [0.29, 0.717) is 63.7 Å². The molecule has 0 bridgehead atoms. The van der Waals surface area contributed by atoms with Crippen LogP contribution >= 0.6 is 0 Å². The molecule has 0 aromatic heterocycles. The molecule has 32 heavy (non-hydrogen) atoms. The van der Waals surface area contributed by atoms with E-state index in [-0.39, 0.29) is 29.9 Å². The number of piperidine rings is 1.